The van der Waals surface area contributed by atoms with Crippen LogP contribution in [-0.4, -0.2) is 19.8 Å². The van der Waals surface area contributed by atoms with Crippen molar-refractivity contribution in [3.63, 3.8) is 0 Å². The quantitative estimate of drug-likeness (QED) is 0.567. The molecule has 0 atom stereocenters. The Balaban J connectivity index is 2.49. The zero-order chi connectivity index (χ0) is 16.4. The Morgan fingerprint density at radius 3 is 2.45 bits per heavy atom. The number of methoxy groups -OCH3 is 1. The first-order valence-corrected chi connectivity index (χ1v) is 8.70. The molecule has 1 N–H and O–H groups in total. The molecule has 0 aromatic heterocycles. The maximum Gasteiger partial charge on any atom is 0.163 e. The van der Waals surface area contributed by atoms with E-state index >= 15 is 0 Å². The van der Waals surface area contributed by atoms with Crippen LogP contribution >= 0.6 is 11.6 Å². The number of hydrogen-bond donors (Lipinski definition) is 1. The van der Waals surface area contributed by atoms with Crippen LogP contribution in [0.25, 0.3) is 0 Å². The van der Waals surface area contributed by atoms with Crippen molar-refractivity contribution >= 4 is 11.6 Å². The molecule has 0 spiro atoms. The van der Waals surface area contributed by atoms with Crippen LogP contribution in [0.5, 0.6) is 11.5 Å². The van der Waals surface area contributed by atoms with Gasteiger partial charge in [-0.1, -0.05) is 44.2 Å². The van der Waals surface area contributed by atoms with E-state index in [1.165, 1.54) is 32.1 Å². The van der Waals surface area contributed by atoms with Crippen molar-refractivity contribution < 1.29 is 9.47 Å². The minimum absolute atomic E-state index is 0.0945. The van der Waals surface area contributed by atoms with Gasteiger partial charge in [-0.2, -0.15) is 0 Å². The first-order valence-electron chi connectivity index (χ1n) is 8.32. The summed E-state index contributed by atoms with van der Waals surface area (Å²) in [6.45, 7) is 7.99. The van der Waals surface area contributed by atoms with Gasteiger partial charge in [0.05, 0.1) is 13.2 Å². The molecule has 0 saturated carbocycles. The number of halogens is 1. The highest BCUT2D eigenvalue weighted by Crippen LogP contribution is 2.34. The van der Waals surface area contributed by atoms with Crippen LogP contribution in [-0.2, 0) is 6.54 Å². The number of hydrogen-bond acceptors (Lipinski definition) is 3. The van der Waals surface area contributed by atoms with E-state index in [-0.39, 0.29) is 6.10 Å². The van der Waals surface area contributed by atoms with Crippen molar-refractivity contribution in [1.82, 2.24) is 5.32 Å². The number of unbranched alkanes of at least 4 members (excludes halogenated alkanes) is 4. The van der Waals surface area contributed by atoms with Crippen LogP contribution in [0, 0.1) is 0 Å². The second kappa shape index (κ2) is 10.7. The molecule has 0 heterocycles. The molecule has 0 amide bonds. The molecule has 0 aliphatic rings. The SMILES string of the molecule is CCCCCCCNCc1cc(OC)c(OC(C)C)cc1Cl. The molecule has 1 aromatic carbocycles. The largest absolute Gasteiger partial charge is 0.493 e. The van der Waals surface area contributed by atoms with Gasteiger partial charge in [0.25, 0.3) is 0 Å². The zero-order valence-corrected chi connectivity index (χ0v) is 15.1. The maximum absolute atomic E-state index is 6.35. The summed E-state index contributed by atoms with van der Waals surface area (Å²) in [5, 5.41) is 4.17. The van der Waals surface area contributed by atoms with Gasteiger partial charge < -0.3 is 14.8 Å². The summed E-state index contributed by atoms with van der Waals surface area (Å²) in [5.41, 5.74) is 1.04. The topological polar surface area (TPSA) is 30.5 Å². The summed E-state index contributed by atoms with van der Waals surface area (Å²) in [4.78, 5) is 0. The second-order valence-electron chi connectivity index (χ2n) is 5.85. The van der Waals surface area contributed by atoms with Gasteiger partial charge >= 0.3 is 0 Å². The highest BCUT2D eigenvalue weighted by atomic mass is 35.5. The Kier molecular flexibility index (Phi) is 9.33. The highest BCUT2D eigenvalue weighted by Gasteiger charge is 2.11. The number of rotatable bonds is 11. The summed E-state index contributed by atoms with van der Waals surface area (Å²) in [6, 6.07) is 3.81. The van der Waals surface area contributed by atoms with E-state index in [2.05, 4.69) is 12.2 Å². The first kappa shape index (κ1) is 19.1. The van der Waals surface area contributed by atoms with Crippen molar-refractivity contribution in [2.75, 3.05) is 13.7 Å². The van der Waals surface area contributed by atoms with E-state index in [1.807, 2.05) is 26.0 Å². The smallest absolute Gasteiger partial charge is 0.163 e. The molecule has 0 bridgehead atoms. The van der Waals surface area contributed by atoms with Gasteiger partial charge in [-0.15, -0.1) is 0 Å². The molecule has 22 heavy (non-hydrogen) atoms. The summed E-state index contributed by atoms with van der Waals surface area (Å²) in [6.07, 6.45) is 6.54. The first-order chi connectivity index (χ1) is 10.6. The lowest BCUT2D eigenvalue weighted by atomic mass is 10.1. The predicted octanol–water partition coefficient (Wildman–Crippen LogP) is 5.20. The minimum atomic E-state index is 0.0945. The number of benzene rings is 1. The average Bonchev–Trinajstić information content (AvgIpc) is 2.47. The molecule has 0 saturated heterocycles. The van der Waals surface area contributed by atoms with E-state index in [0.29, 0.717) is 5.75 Å². The highest BCUT2D eigenvalue weighted by molar-refractivity contribution is 6.31. The van der Waals surface area contributed by atoms with Crippen LogP contribution in [0.4, 0.5) is 0 Å². The van der Waals surface area contributed by atoms with Crippen molar-refractivity contribution in [2.45, 2.75) is 65.5 Å². The lowest BCUT2D eigenvalue weighted by Gasteiger charge is -2.16. The predicted molar refractivity (Wildman–Crippen MR) is 94.2 cm³/mol. The van der Waals surface area contributed by atoms with Crippen molar-refractivity contribution in [3.05, 3.63) is 22.7 Å². The van der Waals surface area contributed by atoms with Crippen molar-refractivity contribution in [2.24, 2.45) is 0 Å². The Labute approximate surface area is 140 Å². The summed E-state index contributed by atoms with van der Waals surface area (Å²) in [5.74, 6) is 1.43. The van der Waals surface area contributed by atoms with Crippen LogP contribution in [0.1, 0.15) is 58.4 Å². The molecule has 0 aliphatic heterocycles. The van der Waals surface area contributed by atoms with Gasteiger partial charge in [0.1, 0.15) is 0 Å². The molecule has 0 fully saturated rings. The maximum atomic E-state index is 6.35. The molecular formula is C18H30ClNO2. The molecular weight excluding hydrogens is 298 g/mol. The normalized spacial score (nSPS) is 11.0. The Hall–Kier alpha value is -0.930. The Bertz CT molecular complexity index is 435. The molecule has 1 aromatic rings. The van der Waals surface area contributed by atoms with Crippen LogP contribution in [0.2, 0.25) is 5.02 Å². The Morgan fingerprint density at radius 1 is 1.09 bits per heavy atom. The van der Waals surface area contributed by atoms with E-state index in [9.17, 15) is 0 Å². The third-order valence-corrected chi connectivity index (χ3v) is 3.82. The van der Waals surface area contributed by atoms with E-state index in [1.54, 1.807) is 7.11 Å². The van der Waals surface area contributed by atoms with Gasteiger partial charge in [0.15, 0.2) is 11.5 Å². The monoisotopic (exact) mass is 327 g/mol. The average molecular weight is 328 g/mol. The van der Waals surface area contributed by atoms with Gasteiger partial charge in [-0.3, -0.25) is 0 Å². The number of ether oxygens (including phenoxy) is 2. The zero-order valence-electron chi connectivity index (χ0n) is 14.4. The fraction of sp³-hybridized carbons (Fsp3) is 0.667. The summed E-state index contributed by atoms with van der Waals surface area (Å²) in [7, 11) is 1.65. The molecule has 1 rings (SSSR count). The van der Waals surface area contributed by atoms with E-state index in [0.717, 1.165) is 29.4 Å². The van der Waals surface area contributed by atoms with Gasteiger partial charge in [-0.05, 0) is 38.4 Å². The molecule has 126 valence electrons. The molecule has 4 heteroatoms. The lowest BCUT2D eigenvalue weighted by Crippen LogP contribution is -2.15. The molecule has 3 nitrogen and oxygen atoms in total. The standard InChI is InChI=1S/C18H30ClNO2/c1-5-6-7-8-9-10-20-13-15-11-17(21-4)18(12-16(15)19)22-14(2)3/h11-12,14,20H,5-10,13H2,1-4H3. The second-order valence-corrected chi connectivity index (χ2v) is 6.26. The fourth-order valence-corrected chi connectivity index (χ4v) is 2.52. The number of nitrogens with one attached hydrogen (secondary N) is 1. The van der Waals surface area contributed by atoms with Crippen LogP contribution in [0.3, 0.4) is 0 Å². The molecule has 0 radical (unpaired) electrons. The third kappa shape index (κ3) is 6.89. The lowest BCUT2D eigenvalue weighted by molar-refractivity contribution is 0.230. The minimum Gasteiger partial charge on any atom is -0.493 e. The molecule has 0 aliphatic carbocycles. The van der Waals surface area contributed by atoms with Crippen molar-refractivity contribution in [3.8, 4) is 11.5 Å². The third-order valence-electron chi connectivity index (χ3n) is 3.47. The molecule has 0 unspecified atom stereocenters. The Morgan fingerprint density at radius 2 is 1.82 bits per heavy atom. The fourth-order valence-electron chi connectivity index (χ4n) is 2.29. The van der Waals surface area contributed by atoms with E-state index < -0.39 is 0 Å². The van der Waals surface area contributed by atoms with Gasteiger partial charge in [-0.25, -0.2) is 0 Å². The van der Waals surface area contributed by atoms with Gasteiger partial charge in [0, 0.05) is 17.6 Å². The summed E-state index contributed by atoms with van der Waals surface area (Å²) >= 11 is 6.35. The van der Waals surface area contributed by atoms with E-state index in [4.69, 9.17) is 21.1 Å². The van der Waals surface area contributed by atoms with Gasteiger partial charge in [0.2, 0.25) is 0 Å². The van der Waals surface area contributed by atoms with Crippen molar-refractivity contribution in [1.29, 1.82) is 0 Å². The summed E-state index contributed by atoms with van der Waals surface area (Å²) < 4.78 is 11.1. The van der Waals surface area contributed by atoms with Crippen LogP contribution in [0.15, 0.2) is 12.1 Å². The van der Waals surface area contributed by atoms with Crippen LogP contribution < -0.4 is 14.8 Å².